The highest BCUT2D eigenvalue weighted by atomic mass is 16.6. The monoisotopic (exact) mass is 402 g/mol. The predicted octanol–water partition coefficient (Wildman–Crippen LogP) is 0.835. The molecular formula is C22H30N2O5. The lowest BCUT2D eigenvalue weighted by atomic mass is 10.3. The molecule has 1 fully saturated rings. The highest BCUT2D eigenvalue weighted by molar-refractivity contribution is 5.35. The van der Waals surface area contributed by atoms with E-state index in [1.807, 2.05) is 18.2 Å². The van der Waals surface area contributed by atoms with E-state index in [2.05, 4.69) is 33.6 Å². The first-order chi connectivity index (χ1) is 14.4. The van der Waals surface area contributed by atoms with Gasteiger partial charge in [0, 0.05) is 19.3 Å². The van der Waals surface area contributed by atoms with Gasteiger partial charge in [0.2, 0.25) is 0 Å². The zero-order valence-corrected chi connectivity index (χ0v) is 16.9. The maximum absolute atomic E-state index is 5.64. The Labute approximate surface area is 173 Å². The number of hydrogen-bond donors (Lipinski definition) is 0. The van der Waals surface area contributed by atoms with Crippen molar-refractivity contribution in [1.82, 2.24) is 9.88 Å². The average Bonchev–Trinajstić information content (AvgIpc) is 2.75. The minimum absolute atomic E-state index is 0.561. The van der Waals surface area contributed by atoms with E-state index in [1.54, 1.807) is 6.20 Å². The van der Waals surface area contributed by atoms with Crippen LogP contribution in [-0.4, -0.2) is 95.6 Å². The number of rotatable bonds is 1. The fourth-order valence-corrected chi connectivity index (χ4v) is 2.37. The van der Waals surface area contributed by atoms with Gasteiger partial charge in [-0.3, -0.25) is 4.90 Å². The van der Waals surface area contributed by atoms with Crippen molar-refractivity contribution in [2.24, 2.45) is 0 Å². The smallest absolute Gasteiger partial charge is 0.114 e. The molecule has 7 heteroatoms. The van der Waals surface area contributed by atoms with Crippen LogP contribution in [0.15, 0.2) is 24.4 Å². The first kappa shape index (κ1) is 23.3. The zero-order chi connectivity index (χ0) is 20.2. The minimum atomic E-state index is 0.561. The summed E-state index contributed by atoms with van der Waals surface area (Å²) in [5.41, 5.74) is 0.719. The molecule has 1 aromatic heterocycles. The fourth-order valence-electron chi connectivity index (χ4n) is 2.37. The predicted molar refractivity (Wildman–Crippen MR) is 109 cm³/mol. The first-order valence-corrected chi connectivity index (χ1v) is 9.96. The molecule has 1 aliphatic rings. The Balaban J connectivity index is 1.74. The molecule has 0 radical (unpaired) electrons. The van der Waals surface area contributed by atoms with Gasteiger partial charge in [0.05, 0.1) is 72.6 Å². The Morgan fingerprint density at radius 3 is 1.79 bits per heavy atom. The quantitative estimate of drug-likeness (QED) is 0.645. The van der Waals surface area contributed by atoms with Gasteiger partial charge < -0.3 is 23.7 Å². The van der Waals surface area contributed by atoms with Crippen molar-refractivity contribution in [3.63, 3.8) is 0 Å². The number of ether oxygens (including phenoxy) is 5. The average molecular weight is 402 g/mol. The molecule has 1 saturated heterocycles. The molecule has 0 amide bonds. The van der Waals surface area contributed by atoms with Gasteiger partial charge in [-0.1, -0.05) is 12.0 Å². The lowest BCUT2D eigenvalue weighted by Crippen LogP contribution is -2.32. The largest absolute Gasteiger partial charge is 0.378 e. The fraction of sp³-hybridized carbons (Fsp3) is 0.591. The Hall–Kier alpha value is -1.97. The Morgan fingerprint density at radius 2 is 1.28 bits per heavy atom. The van der Waals surface area contributed by atoms with Gasteiger partial charge in [-0.05, 0) is 29.9 Å². The van der Waals surface area contributed by atoms with Gasteiger partial charge in [0.25, 0.3) is 0 Å². The van der Waals surface area contributed by atoms with E-state index < -0.39 is 0 Å². The zero-order valence-electron chi connectivity index (χ0n) is 16.9. The number of pyridine rings is 1. The molecule has 0 aromatic carbocycles. The highest BCUT2D eigenvalue weighted by Crippen LogP contribution is 1.92. The molecular weight excluding hydrogens is 372 g/mol. The summed E-state index contributed by atoms with van der Waals surface area (Å²) in [6, 6.07) is 5.63. The van der Waals surface area contributed by atoms with Crippen molar-refractivity contribution in [3.05, 3.63) is 30.1 Å². The molecule has 0 bridgehead atoms. The van der Waals surface area contributed by atoms with Gasteiger partial charge in [-0.15, -0.1) is 0 Å². The summed E-state index contributed by atoms with van der Waals surface area (Å²) in [5.74, 6) is 11.8. The Kier molecular flexibility index (Phi) is 13.6. The van der Waals surface area contributed by atoms with Crippen LogP contribution in [0.3, 0.4) is 0 Å². The highest BCUT2D eigenvalue weighted by Gasteiger charge is 2.04. The molecule has 1 aromatic rings. The molecule has 1 aliphatic heterocycles. The molecule has 0 saturated carbocycles. The maximum Gasteiger partial charge on any atom is 0.114 e. The van der Waals surface area contributed by atoms with Crippen LogP contribution in [0.1, 0.15) is 5.69 Å². The third-order valence-electron chi connectivity index (χ3n) is 3.90. The van der Waals surface area contributed by atoms with E-state index in [0.29, 0.717) is 72.6 Å². The second-order valence-corrected chi connectivity index (χ2v) is 6.10. The van der Waals surface area contributed by atoms with E-state index in [1.165, 1.54) is 0 Å². The van der Waals surface area contributed by atoms with E-state index in [4.69, 9.17) is 23.7 Å². The molecule has 7 nitrogen and oxygen atoms in total. The third-order valence-corrected chi connectivity index (χ3v) is 3.90. The van der Waals surface area contributed by atoms with Crippen molar-refractivity contribution < 1.29 is 23.7 Å². The SMILES string of the molecule is C(C#Cc1ccccn1)#CCN1CCOCCOCCOCCOCCOCC1. The molecule has 0 aliphatic carbocycles. The standard InChI is InChI=1S/C22H30N2O5/c1(2-6-22-7-3-4-8-23-22)5-9-24-10-12-25-14-16-27-18-20-29-21-19-28-17-15-26-13-11-24/h3-4,7-8H,9-21H2. The van der Waals surface area contributed by atoms with Crippen LogP contribution in [0, 0.1) is 23.7 Å². The summed E-state index contributed by atoms with van der Waals surface area (Å²) in [6.07, 6.45) is 1.72. The van der Waals surface area contributed by atoms with Crippen molar-refractivity contribution in [3.8, 4) is 23.7 Å². The lowest BCUT2D eigenvalue weighted by molar-refractivity contribution is -0.0178. The van der Waals surface area contributed by atoms with Crippen molar-refractivity contribution >= 4 is 0 Å². The molecule has 29 heavy (non-hydrogen) atoms. The summed E-state index contributed by atoms with van der Waals surface area (Å²) in [4.78, 5) is 6.34. The second-order valence-electron chi connectivity index (χ2n) is 6.10. The molecule has 2 rings (SSSR count). The Morgan fingerprint density at radius 1 is 0.724 bits per heavy atom. The number of hydrogen-bond acceptors (Lipinski definition) is 7. The summed E-state index contributed by atoms with van der Waals surface area (Å²) >= 11 is 0. The van der Waals surface area contributed by atoms with Gasteiger partial charge in [-0.25, -0.2) is 4.98 Å². The molecule has 0 spiro atoms. The first-order valence-electron chi connectivity index (χ1n) is 9.96. The van der Waals surface area contributed by atoms with Crippen molar-refractivity contribution in [2.45, 2.75) is 0 Å². The lowest BCUT2D eigenvalue weighted by Gasteiger charge is -2.19. The van der Waals surface area contributed by atoms with Gasteiger partial charge in [0.15, 0.2) is 0 Å². The van der Waals surface area contributed by atoms with Crippen molar-refractivity contribution in [1.29, 1.82) is 0 Å². The van der Waals surface area contributed by atoms with E-state index in [0.717, 1.165) is 18.8 Å². The van der Waals surface area contributed by atoms with E-state index >= 15 is 0 Å². The van der Waals surface area contributed by atoms with Crippen LogP contribution in [0.25, 0.3) is 0 Å². The third kappa shape index (κ3) is 13.0. The van der Waals surface area contributed by atoms with Crippen LogP contribution in [-0.2, 0) is 23.7 Å². The molecule has 0 atom stereocenters. The van der Waals surface area contributed by atoms with Crippen molar-refractivity contribution in [2.75, 3.05) is 85.7 Å². The van der Waals surface area contributed by atoms with Crippen LogP contribution in [0.2, 0.25) is 0 Å². The molecule has 2 heterocycles. The van der Waals surface area contributed by atoms with Crippen LogP contribution in [0.5, 0.6) is 0 Å². The molecule has 158 valence electrons. The summed E-state index contributed by atoms with van der Waals surface area (Å²) in [7, 11) is 0. The molecule has 0 unspecified atom stereocenters. The summed E-state index contributed by atoms with van der Waals surface area (Å²) in [6.45, 7) is 7.88. The number of aromatic nitrogens is 1. The van der Waals surface area contributed by atoms with Gasteiger partial charge >= 0.3 is 0 Å². The molecule has 0 N–H and O–H groups in total. The van der Waals surface area contributed by atoms with E-state index in [9.17, 15) is 0 Å². The normalized spacial score (nSPS) is 18.9. The van der Waals surface area contributed by atoms with Crippen LogP contribution < -0.4 is 0 Å². The van der Waals surface area contributed by atoms with Gasteiger partial charge in [0.1, 0.15) is 5.69 Å². The maximum atomic E-state index is 5.64. The summed E-state index contributed by atoms with van der Waals surface area (Å²) < 4.78 is 27.6. The topological polar surface area (TPSA) is 62.3 Å². The summed E-state index contributed by atoms with van der Waals surface area (Å²) in [5, 5.41) is 0. The van der Waals surface area contributed by atoms with Crippen LogP contribution in [0.4, 0.5) is 0 Å². The number of nitrogens with zero attached hydrogens (tertiary/aromatic N) is 2. The Bertz CT molecular complexity index is 630. The second kappa shape index (κ2) is 16.9. The van der Waals surface area contributed by atoms with Crippen LogP contribution >= 0.6 is 0 Å². The van der Waals surface area contributed by atoms with E-state index in [-0.39, 0.29) is 0 Å². The minimum Gasteiger partial charge on any atom is -0.378 e. The van der Waals surface area contributed by atoms with Gasteiger partial charge in [-0.2, -0.15) is 0 Å².